The minimum atomic E-state index is -0.220. The Morgan fingerprint density at radius 1 is 0.938 bits per heavy atom. The lowest BCUT2D eigenvalue weighted by atomic mass is 10.0. The fourth-order valence-corrected chi connectivity index (χ4v) is 6.07. The van der Waals surface area contributed by atoms with Gasteiger partial charge in [-0.2, -0.15) is 0 Å². The van der Waals surface area contributed by atoms with Crippen molar-refractivity contribution in [1.82, 2.24) is 19.3 Å². The average molecular weight is 426 g/mol. The summed E-state index contributed by atoms with van der Waals surface area (Å²) >= 11 is 0. The van der Waals surface area contributed by atoms with Gasteiger partial charge < -0.3 is 9.47 Å². The summed E-state index contributed by atoms with van der Waals surface area (Å²) in [5.74, 6) is 1.48. The molecule has 0 amide bonds. The summed E-state index contributed by atoms with van der Waals surface area (Å²) in [5, 5.41) is 8.66. The number of hydrogen-bond acceptors (Lipinski definition) is 3. The van der Waals surface area contributed by atoms with Crippen LogP contribution in [0.2, 0.25) is 0 Å². The van der Waals surface area contributed by atoms with E-state index in [0.717, 1.165) is 47.3 Å². The Balaban J connectivity index is 1.32. The van der Waals surface area contributed by atoms with Crippen molar-refractivity contribution < 1.29 is 4.39 Å². The monoisotopic (exact) mass is 425 g/mol. The van der Waals surface area contributed by atoms with Gasteiger partial charge in [0.05, 0.1) is 11.4 Å². The van der Waals surface area contributed by atoms with Crippen LogP contribution in [-0.2, 0) is 6.54 Å². The Kier molecular flexibility index (Phi) is 3.86. The van der Waals surface area contributed by atoms with Crippen molar-refractivity contribution in [3.63, 3.8) is 0 Å². The molecule has 1 aliphatic carbocycles. The molecule has 6 heteroatoms. The fourth-order valence-electron chi connectivity index (χ4n) is 6.07. The molecule has 0 spiro atoms. The van der Waals surface area contributed by atoms with Gasteiger partial charge >= 0.3 is 0 Å². The summed E-state index contributed by atoms with van der Waals surface area (Å²) in [4.78, 5) is 2.64. The largest absolute Gasteiger partial charge is 0.368 e. The Labute approximate surface area is 186 Å². The van der Waals surface area contributed by atoms with Crippen LogP contribution in [0.4, 0.5) is 10.1 Å². The number of rotatable bonds is 2. The third-order valence-electron chi connectivity index (χ3n) is 7.61. The van der Waals surface area contributed by atoms with E-state index in [4.69, 9.17) is 0 Å². The van der Waals surface area contributed by atoms with Crippen LogP contribution in [0.5, 0.6) is 0 Å². The maximum atomic E-state index is 13.4. The Bertz CT molecular complexity index is 1320. The van der Waals surface area contributed by atoms with E-state index in [1.807, 2.05) is 12.1 Å². The highest BCUT2D eigenvalue weighted by Crippen LogP contribution is 2.41. The lowest BCUT2D eigenvalue weighted by Gasteiger charge is -2.27. The van der Waals surface area contributed by atoms with Gasteiger partial charge in [0.2, 0.25) is 0 Å². The van der Waals surface area contributed by atoms with Crippen LogP contribution in [0.15, 0.2) is 61.1 Å². The molecule has 4 aromatic rings. The maximum Gasteiger partial charge on any atom is 0.185 e. The van der Waals surface area contributed by atoms with Crippen molar-refractivity contribution in [3.05, 3.63) is 72.4 Å². The summed E-state index contributed by atoms with van der Waals surface area (Å²) in [6.45, 7) is 1.93. The van der Waals surface area contributed by atoms with Crippen molar-refractivity contribution >= 4 is 5.69 Å². The molecule has 2 aromatic heterocycles. The molecule has 3 aliphatic rings. The Morgan fingerprint density at radius 3 is 2.75 bits per heavy atom. The summed E-state index contributed by atoms with van der Waals surface area (Å²) < 4.78 is 17.8. The quantitative estimate of drug-likeness (QED) is 0.386. The minimum Gasteiger partial charge on any atom is -0.368 e. The zero-order valence-corrected chi connectivity index (χ0v) is 17.8. The molecule has 5 nitrogen and oxygen atoms in total. The topological polar surface area (TPSA) is 38.9 Å². The van der Waals surface area contributed by atoms with Gasteiger partial charge in [0.1, 0.15) is 12.1 Å². The van der Waals surface area contributed by atoms with Gasteiger partial charge in [-0.15, -0.1) is 10.2 Å². The molecule has 0 bridgehead atoms. The summed E-state index contributed by atoms with van der Waals surface area (Å²) in [5.41, 5.74) is 6.82. The van der Waals surface area contributed by atoms with Crippen LogP contribution < -0.4 is 4.90 Å². The molecule has 1 saturated carbocycles. The lowest BCUT2D eigenvalue weighted by molar-refractivity contribution is 0.541. The molecule has 1 saturated heterocycles. The molecule has 160 valence electrons. The highest BCUT2D eigenvalue weighted by Gasteiger charge is 2.37. The molecule has 4 heterocycles. The standard InChI is InChI=1S/C26H24FN5/c27-21-6-4-17(5-7-21)19-13-25-26-29-28-16-32(26)24-9-8-22(12-20(24)15-30(25)14-19)31-11-10-18-2-1-3-23(18)31/h4-9,12-14,16,18,23H,1-3,10-11,15H2/t18-,23+/m1/s1. The van der Waals surface area contributed by atoms with Crippen LogP contribution in [0, 0.1) is 11.7 Å². The molecule has 0 N–H and O–H groups in total. The Morgan fingerprint density at radius 2 is 1.84 bits per heavy atom. The van der Waals surface area contributed by atoms with E-state index < -0.39 is 0 Å². The molecule has 2 fully saturated rings. The van der Waals surface area contributed by atoms with Crippen LogP contribution in [-0.4, -0.2) is 31.9 Å². The van der Waals surface area contributed by atoms with Crippen molar-refractivity contribution in [1.29, 1.82) is 0 Å². The van der Waals surface area contributed by atoms with Crippen molar-refractivity contribution in [2.45, 2.75) is 38.3 Å². The van der Waals surface area contributed by atoms with E-state index in [1.54, 1.807) is 6.33 Å². The van der Waals surface area contributed by atoms with E-state index in [9.17, 15) is 4.39 Å². The predicted molar refractivity (Wildman–Crippen MR) is 122 cm³/mol. The zero-order chi connectivity index (χ0) is 21.2. The van der Waals surface area contributed by atoms with Gasteiger partial charge in [0.15, 0.2) is 5.82 Å². The Hall–Kier alpha value is -3.41. The molecule has 7 rings (SSSR count). The predicted octanol–water partition coefficient (Wildman–Crippen LogP) is 5.28. The summed E-state index contributed by atoms with van der Waals surface area (Å²) in [7, 11) is 0. The number of aromatic nitrogens is 4. The number of halogens is 1. The second-order valence-corrected chi connectivity index (χ2v) is 9.33. The van der Waals surface area contributed by atoms with E-state index in [-0.39, 0.29) is 5.82 Å². The van der Waals surface area contributed by atoms with Gasteiger partial charge in [0, 0.05) is 36.6 Å². The normalized spacial score (nSPS) is 21.1. The first-order valence-electron chi connectivity index (χ1n) is 11.5. The third kappa shape index (κ3) is 2.68. The second kappa shape index (κ2) is 6.79. The van der Waals surface area contributed by atoms with Gasteiger partial charge in [-0.05, 0) is 72.7 Å². The molecule has 2 atom stereocenters. The van der Waals surface area contributed by atoms with Crippen molar-refractivity contribution in [2.24, 2.45) is 5.92 Å². The first kappa shape index (κ1) is 18.2. The van der Waals surface area contributed by atoms with Crippen LogP contribution in [0.3, 0.4) is 0 Å². The number of benzene rings is 2. The summed E-state index contributed by atoms with van der Waals surface area (Å²) in [6.07, 6.45) is 9.33. The van der Waals surface area contributed by atoms with Gasteiger partial charge in [-0.1, -0.05) is 18.6 Å². The van der Waals surface area contributed by atoms with Crippen LogP contribution in [0.25, 0.3) is 28.3 Å². The van der Waals surface area contributed by atoms with E-state index in [2.05, 4.69) is 54.7 Å². The third-order valence-corrected chi connectivity index (χ3v) is 7.61. The lowest BCUT2D eigenvalue weighted by Crippen LogP contribution is -2.29. The maximum absolute atomic E-state index is 13.4. The van der Waals surface area contributed by atoms with Gasteiger partial charge in [0.25, 0.3) is 0 Å². The molecule has 32 heavy (non-hydrogen) atoms. The van der Waals surface area contributed by atoms with Gasteiger partial charge in [-0.25, -0.2) is 4.39 Å². The van der Waals surface area contributed by atoms with E-state index in [0.29, 0.717) is 6.04 Å². The highest BCUT2D eigenvalue weighted by molar-refractivity contribution is 5.72. The zero-order valence-electron chi connectivity index (χ0n) is 17.8. The first-order chi connectivity index (χ1) is 15.7. The molecule has 2 aromatic carbocycles. The number of hydrogen-bond donors (Lipinski definition) is 0. The SMILES string of the molecule is Fc1ccc(-c2cc3n(c2)Cc2cc(N4CC[C@H]5CCC[C@@H]54)ccc2-n2cnnc2-3)cc1. The van der Waals surface area contributed by atoms with Crippen LogP contribution >= 0.6 is 0 Å². The molecule has 0 radical (unpaired) electrons. The second-order valence-electron chi connectivity index (χ2n) is 9.33. The number of anilines is 1. The van der Waals surface area contributed by atoms with Gasteiger partial charge in [-0.3, -0.25) is 4.57 Å². The fraction of sp³-hybridized carbons (Fsp3) is 0.308. The smallest absolute Gasteiger partial charge is 0.185 e. The molecule has 2 aliphatic heterocycles. The van der Waals surface area contributed by atoms with Crippen molar-refractivity contribution in [3.8, 4) is 28.3 Å². The number of nitrogens with zero attached hydrogens (tertiary/aromatic N) is 5. The van der Waals surface area contributed by atoms with Crippen molar-refractivity contribution in [2.75, 3.05) is 11.4 Å². The highest BCUT2D eigenvalue weighted by atomic mass is 19.1. The van der Waals surface area contributed by atoms with Crippen LogP contribution in [0.1, 0.15) is 31.2 Å². The molecular weight excluding hydrogens is 401 g/mol. The number of fused-ring (bicyclic) bond motifs is 6. The van der Waals surface area contributed by atoms with E-state index in [1.165, 1.54) is 49.1 Å². The summed E-state index contributed by atoms with van der Waals surface area (Å²) in [6, 6.07) is 16.4. The molecule has 0 unspecified atom stereocenters. The molecular formula is C26H24FN5. The first-order valence-corrected chi connectivity index (χ1v) is 11.5. The average Bonchev–Trinajstić information content (AvgIpc) is 3.57. The van der Waals surface area contributed by atoms with E-state index >= 15 is 0 Å². The minimum absolute atomic E-state index is 0.220.